The van der Waals surface area contributed by atoms with Gasteiger partial charge in [-0.15, -0.1) is 0 Å². The highest BCUT2D eigenvalue weighted by Gasteiger charge is 2.29. The second-order valence-electron chi connectivity index (χ2n) is 6.25. The van der Waals surface area contributed by atoms with Gasteiger partial charge in [-0.3, -0.25) is 4.79 Å². The largest absolute Gasteiger partial charge is 0.494 e. The molecule has 0 spiro atoms. The predicted octanol–water partition coefficient (Wildman–Crippen LogP) is 3.90. The number of benzene rings is 1. The minimum Gasteiger partial charge on any atom is -0.494 e. The van der Waals surface area contributed by atoms with Gasteiger partial charge in [0.2, 0.25) is 11.2 Å². The van der Waals surface area contributed by atoms with Gasteiger partial charge in [0.05, 0.1) is 25.5 Å². The molecular weight excluding hydrogens is 391 g/mol. The summed E-state index contributed by atoms with van der Waals surface area (Å²) in [5.74, 6) is -3.69. The van der Waals surface area contributed by atoms with Gasteiger partial charge in [-0.2, -0.15) is 4.39 Å². The van der Waals surface area contributed by atoms with Gasteiger partial charge in [0, 0.05) is 6.20 Å². The Morgan fingerprint density at radius 1 is 1.24 bits per heavy atom. The highest BCUT2D eigenvalue weighted by atomic mass is 19.2. The standard InChI is InChI=1S/C13H16FNO4.C7H6F2O/c1-3-18-13(17)8-6-15-11(10(14)12(8)16)9-5-4-7(2)19-9;1-10-6-4-2-3-5(8)7(6)9/h6-7,9H,3-5H2,1-2H3,(H,15,16);2-4H,1H3. The van der Waals surface area contributed by atoms with E-state index in [2.05, 4.69) is 14.5 Å². The average Bonchev–Trinajstić information content (AvgIpc) is 3.13. The quantitative estimate of drug-likeness (QED) is 0.770. The van der Waals surface area contributed by atoms with Gasteiger partial charge in [-0.25, -0.2) is 13.6 Å². The number of nitrogens with one attached hydrogen (secondary N) is 1. The molecule has 0 bridgehead atoms. The molecule has 1 aromatic heterocycles. The smallest absolute Gasteiger partial charge is 0.343 e. The third-order valence-corrected chi connectivity index (χ3v) is 4.24. The second-order valence-corrected chi connectivity index (χ2v) is 6.25. The molecular formula is C20H22F3NO5. The monoisotopic (exact) mass is 413 g/mol. The van der Waals surface area contributed by atoms with Gasteiger partial charge in [0.15, 0.2) is 17.4 Å². The van der Waals surface area contributed by atoms with E-state index >= 15 is 0 Å². The van der Waals surface area contributed by atoms with Crippen molar-refractivity contribution in [1.82, 2.24) is 4.98 Å². The number of halogens is 3. The molecule has 9 heteroatoms. The molecule has 1 saturated heterocycles. The van der Waals surface area contributed by atoms with Crippen LogP contribution in [0.25, 0.3) is 0 Å². The summed E-state index contributed by atoms with van der Waals surface area (Å²) in [5.41, 5.74) is -1.17. The van der Waals surface area contributed by atoms with Crippen molar-refractivity contribution < 1.29 is 32.2 Å². The summed E-state index contributed by atoms with van der Waals surface area (Å²) in [4.78, 5) is 25.9. The molecule has 2 atom stereocenters. The number of pyridine rings is 1. The van der Waals surface area contributed by atoms with E-state index in [9.17, 15) is 22.8 Å². The highest BCUT2D eigenvalue weighted by molar-refractivity contribution is 5.88. The Morgan fingerprint density at radius 2 is 1.97 bits per heavy atom. The number of carbonyl (C=O) groups excluding carboxylic acids is 1. The maximum absolute atomic E-state index is 14.0. The van der Waals surface area contributed by atoms with E-state index in [0.717, 1.165) is 12.5 Å². The molecule has 0 radical (unpaired) electrons. The van der Waals surface area contributed by atoms with E-state index in [1.807, 2.05) is 6.92 Å². The molecule has 0 saturated carbocycles. The van der Waals surface area contributed by atoms with Crippen LogP contribution in [0.2, 0.25) is 0 Å². The van der Waals surface area contributed by atoms with Crippen LogP contribution in [0, 0.1) is 17.5 Å². The maximum atomic E-state index is 14.0. The van der Waals surface area contributed by atoms with Crippen molar-refractivity contribution in [3.8, 4) is 5.75 Å². The Labute approximate surface area is 165 Å². The van der Waals surface area contributed by atoms with Crippen LogP contribution in [-0.2, 0) is 9.47 Å². The summed E-state index contributed by atoms with van der Waals surface area (Å²) < 4.78 is 53.5. The van der Waals surface area contributed by atoms with Crippen LogP contribution in [0.3, 0.4) is 0 Å². The fraction of sp³-hybridized carbons (Fsp3) is 0.400. The van der Waals surface area contributed by atoms with Crippen molar-refractivity contribution in [2.75, 3.05) is 13.7 Å². The molecule has 2 unspecified atom stereocenters. The Morgan fingerprint density at radius 3 is 2.52 bits per heavy atom. The fourth-order valence-electron chi connectivity index (χ4n) is 2.77. The maximum Gasteiger partial charge on any atom is 0.343 e. The first kappa shape index (κ1) is 22.5. The van der Waals surface area contributed by atoms with E-state index in [4.69, 9.17) is 4.74 Å². The number of esters is 1. The highest BCUT2D eigenvalue weighted by Crippen LogP contribution is 2.31. The zero-order valence-corrected chi connectivity index (χ0v) is 16.3. The Hall–Kier alpha value is -2.81. The lowest BCUT2D eigenvalue weighted by Gasteiger charge is -2.12. The molecule has 6 nitrogen and oxygen atoms in total. The Balaban J connectivity index is 0.000000253. The van der Waals surface area contributed by atoms with Crippen LogP contribution in [0.5, 0.6) is 5.75 Å². The number of aromatic nitrogens is 1. The van der Waals surface area contributed by atoms with E-state index in [1.54, 1.807) is 6.92 Å². The van der Waals surface area contributed by atoms with Gasteiger partial charge in [0.1, 0.15) is 11.7 Å². The molecule has 0 aliphatic carbocycles. The first-order valence-electron chi connectivity index (χ1n) is 9.01. The lowest BCUT2D eigenvalue weighted by atomic mass is 10.1. The van der Waals surface area contributed by atoms with E-state index in [1.165, 1.54) is 25.4 Å². The molecule has 3 rings (SSSR count). The van der Waals surface area contributed by atoms with Crippen LogP contribution in [0.1, 0.15) is 48.8 Å². The molecule has 2 heterocycles. The third kappa shape index (κ3) is 5.38. The van der Waals surface area contributed by atoms with Crippen molar-refractivity contribution in [2.24, 2.45) is 0 Å². The fourth-order valence-corrected chi connectivity index (χ4v) is 2.77. The first-order chi connectivity index (χ1) is 13.8. The van der Waals surface area contributed by atoms with Crippen molar-refractivity contribution in [1.29, 1.82) is 0 Å². The van der Waals surface area contributed by atoms with Gasteiger partial charge in [-0.05, 0) is 38.8 Å². The summed E-state index contributed by atoms with van der Waals surface area (Å²) >= 11 is 0. The number of hydrogen-bond donors (Lipinski definition) is 1. The lowest BCUT2D eigenvalue weighted by Crippen LogP contribution is -2.23. The number of aromatic amines is 1. The van der Waals surface area contributed by atoms with Crippen LogP contribution >= 0.6 is 0 Å². The molecule has 1 aliphatic rings. The summed E-state index contributed by atoms with van der Waals surface area (Å²) in [6, 6.07) is 3.79. The zero-order valence-electron chi connectivity index (χ0n) is 16.3. The van der Waals surface area contributed by atoms with Crippen LogP contribution < -0.4 is 10.2 Å². The number of methoxy groups -OCH3 is 1. The van der Waals surface area contributed by atoms with Crippen molar-refractivity contribution in [3.05, 3.63) is 63.3 Å². The molecule has 2 aromatic rings. The summed E-state index contributed by atoms with van der Waals surface area (Å²) in [5, 5.41) is 0. The van der Waals surface area contributed by atoms with Gasteiger partial charge < -0.3 is 19.2 Å². The van der Waals surface area contributed by atoms with Gasteiger partial charge in [0.25, 0.3) is 0 Å². The lowest BCUT2D eigenvalue weighted by molar-refractivity contribution is 0.0490. The number of carbonyl (C=O) groups is 1. The van der Waals surface area contributed by atoms with E-state index < -0.39 is 35.0 Å². The van der Waals surface area contributed by atoms with E-state index in [0.29, 0.717) is 6.42 Å². The van der Waals surface area contributed by atoms with Crippen molar-refractivity contribution in [3.63, 3.8) is 0 Å². The summed E-state index contributed by atoms with van der Waals surface area (Å²) in [6.45, 7) is 3.64. The minimum atomic E-state index is -0.968. The summed E-state index contributed by atoms with van der Waals surface area (Å²) in [7, 11) is 1.29. The molecule has 1 fully saturated rings. The van der Waals surface area contributed by atoms with Crippen molar-refractivity contribution in [2.45, 2.75) is 38.9 Å². The molecule has 1 N–H and O–H groups in total. The minimum absolute atomic E-state index is 0.0395. The van der Waals surface area contributed by atoms with Crippen LogP contribution in [-0.4, -0.2) is 30.8 Å². The third-order valence-electron chi connectivity index (χ3n) is 4.24. The number of hydrogen-bond acceptors (Lipinski definition) is 5. The SMILES string of the molecule is CCOC(=O)c1c[nH]c(C2CCC(C)O2)c(F)c1=O.COc1cccc(F)c1F. The first-order valence-corrected chi connectivity index (χ1v) is 9.01. The summed E-state index contributed by atoms with van der Waals surface area (Å²) in [6.07, 6.45) is 2.22. The average molecular weight is 413 g/mol. The normalized spacial score (nSPS) is 18.0. The zero-order chi connectivity index (χ0) is 21.6. The van der Waals surface area contributed by atoms with E-state index in [-0.39, 0.29) is 29.7 Å². The molecule has 158 valence electrons. The van der Waals surface area contributed by atoms with Crippen LogP contribution in [0.4, 0.5) is 13.2 Å². The Bertz CT molecular complexity index is 915. The van der Waals surface area contributed by atoms with Gasteiger partial charge >= 0.3 is 5.97 Å². The molecule has 0 amide bonds. The topological polar surface area (TPSA) is 77.6 Å². The van der Waals surface area contributed by atoms with Gasteiger partial charge in [-0.1, -0.05) is 6.07 Å². The Kier molecular flexibility index (Phi) is 7.83. The molecule has 1 aromatic carbocycles. The number of H-pyrrole nitrogens is 1. The predicted molar refractivity (Wildman–Crippen MR) is 98.4 cm³/mol. The van der Waals surface area contributed by atoms with Crippen molar-refractivity contribution >= 4 is 5.97 Å². The number of rotatable bonds is 4. The molecule has 29 heavy (non-hydrogen) atoms. The second kappa shape index (κ2) is 10.1. The number of ether oxygens (including phenoxy) is 3. The molecule has 1 aliphatic heterocycles. The van der Waals surface area contributed by atoms with Crippen LogP contribution in [0.15, 0.2) is 29.2 Å².